The van der Waals surface area contributed by atoms with Gasteiger partial charge in [0, 0.05) is 30.9 Å². The molecule has 1 N–H and O–H groups in total. The monoisotopic (exact) mass is 419 g/mol. The van der Waals surface area contributed by atoms with Gasteiger partial charge in [-0.3, -0.25) is 0 Å². The van der Waals surface area contributed by atoms with Gasteiger partial charge in [-0.25, -0.2) is 4.79 Å². The summed E-state index contributed by atoms with van der Waals surface area (Å²) >= 11 is 0. The van der Waals surface area contributed by atoms with Gasteiger partial charge >= 0.3 is 5.97 Å². The van der Waals surface area contributed by atoms with E-state index in [0.29, 0.717) is 5.92 Å². The van der Waals surface area contributed by atoms with Crippen molar-refractivity contribution in [3.05, 3.63) is 77.9 Å². The van der Waals surface area contributed by atoms with E-state index in [2.05, 4.69) is 25.2 Å². The van der Waals surface area contributed by atoms with Gasteiger partial charge in [0.25, 0.3) is 0 Å². The Morgan fingerprint density at radius 2 is 1.71 bits per heavy atom. The molecule has 1 unspecified atom stereocenters. The Kier molecular flexibility index (Phi) is 6.77. The summed E-state index contributed by atoms with van der Waals surface area (Å²) in [6.45, 7) is 8.88. The van der Waals surface area contributed by atoms with Crippen molar-refractivity contribution in [3.63, 3.8) is 0 Å². The lowest BCUT2D eigenvalue weighted by atomic mass is 9.83. The number of anilines is 1. The molecule has 0 aromatic heterocycles. The average Bonchev–Trinajstić information content (AvgIpc) is 2.79. The number of hydrogen-bond acceptors (Lipinski definition) is 3. The SMILES string of the molecule is CC(C)=CCC[N+]12CCC(CC1)[C@@H](OC(=O)C(Nc1ccccc1)c1ccccc1)C2. The molecule has 0 saturated carbocycles. The number of rotatable bonds is 8. The van der Waals surface area contributed by atoms with Crippen molar-refractivity contribution in [1.82, 2.24) is 0 Å². The number of allylic oxidation sites excluding steroid dienone is 1. The largest absolute Gasteiger partial charge is 0.454 e. The number of ether oxygens (including phenoxy) is 1. The first-order valence-corrected chi connectivity index (χ1v) is 11.6. The first-order valence-electron chi connectivity index (χ1n) is 11.6. The molecule has 3 heterocycles. The number of esters is 1. The topological polar surface area (TPSA) is 38.3 Å². The van der Waals surface area contributed by atoms with E-state index in [1.807, 2.05) is 60.7 Å². The molecule has 31 heavy (non-hydrogen) atoms. The van der Waals surface area contributed by atoms with Crippen molar-refractivity contribution in [1.29, 1.82) is 0 Å². The van der Waals surface area contributed by atoms with E-state index in [1.165, 1.54) is 18.7 Å². The highest BCUT2D eigenvalue weighted by atomic mass is 16.5. The number of nitrogens with zero attached hydrogens (tertiary/aromatic N) is 1. The van der Waals surface area contributed by atoms with Gasteiger partial charge in [-0.1, -0.05) is 60.2 Å². The Morgan fingerprint density at radius 1 is 1.06 bits per heavy atom. The number of para-hydroxylation sites is 1. The Bertz CT molecular complexity index is 882. The molecule has 5 rings (SSSR count). The van der Waals surface area contributed by atoms with Crippen molar-refractivity contribution in [3.8, 4) is 0 Å². The second-order valence-electron chi connectivity index (χ2n) is 9.43. The second kappa shape index (κ2) is 9.69. The summed E-state index contributed by atoms with van der Waals surface area (Å²) in [6, 6.07) is 19.3. The van der Waals surface area contributed by atoms with Crippen molar-refractivity contribution < 1.29 is 14.0 Å². The van der Waals surface area contributed by atoms with Crippen molar-refractivity contribution in [2.75, 3.05) is 31.5 Å². The van der Waals surface area contributed by atoms with Crippen LogP contribution in [0.5, 0.6) is 0 Å². The third kappa shape index (κ3) is 5.37. The fourth-order valence-electron chi connectivity index (χ4n) is 5.14. The van der Waals surface area contributed by atoms with Crippen LogP contribution in [0.25, 0.3) is 0 Å². The number of carbonyl (C=O) groups is 1. The lowest BCUT2D eigenvalue weighted by molar-refractivity contribution is -0.945. The third-order valence-electron chi connectivity index (χ3n) is 6.92. The van der Waals surface area contributed by atoms with Crippen LogP contribution in [-0.2, 0) is 9.53 Å². The zero-order valence-corrected chi connectivity index (χ0v) is 18.8. The van der Waals surface area contributed by atoms with E-state index < -0.39 is 6.04 Å². The van der Waals surface area contributed by atoms with Gasteiger partial charge in [-0.15, -0.1) is 0 Å². The van der Waals surface area contributed by atoms with Gasteiger partial charge in [0.1, 0.15) is 6.54 Å². The molecule has 0 amide bonds. The van der Waals surface area contributed by atoms with Crippen LogP contribution in [0.1, 0.15) is 44.7 Å². The highest BCUT2D eigenvalue weighted by Gasteiger charge is 2.47. The molecule has 3 fully saturated rings. The highest BCUT2D eigenvalue weighted by molar-refractivity contribution is 5.81. The molecule has 0 aliphatic carbocycles. The van der Waals surface area contributed by atoms with E-state index >= 15 is 0 Å². The van der Waals surface area contributed by atoms with Gasteiger partial charge in [0.15, 0.2) is 12.1 Å². The van der Waals surface area contributed by atoms with E-state index in [9.17, 15) is 4.79 Å². The standard InChI is InChI=1S/C27H35N2O2/c1-21(2)10-9-17-29-18-15-22(16-19-29)25(20-29)31-27(30)26(23-11-5-3-6-12-23)28-24-13-7-4-8-14-24/h3-8,10-14,22,25-26,28H,9,15-20H2,1-2H3/q+1/t22?,25-,26?,29?/m0/s1. The summed E-state index contributed by atoms with van der Waals surface area (Å²) < 4.78 is 7.33. The summed E-state index contributed by atoms with van der Waals surface area (Å²) in [4.78, 5) is 13.4. The zero-order chi connectivity index (χ0) is 21.7. The molecule has 2 bridgehead atoms. The molecule has 0 radical (unpaired) electrons. The first-order chi connectivity index (χ1) is 15.0. The maximum atomic E-state index is 13.4. The van der Waals surface area contributed by atoms with Crippen LogP contribution in [-0.4, -0.2) is 42.7 Å². The molecule has 3 saturated heterocycles. The predicted molar refractivity (Wildman–Crippen MR) is 126 cm³/mol. The number of quaternary nitrogens is 1. The van der Waals surface area contributed by atoms with Crippen LogP contribution in [0.2, 0.25) is 0 Å². The number of nitrogens with one attached hydrogen (secondary N) is 1. The maximum Gasteiger partial charge on any atom is 0.333 e. The molecule has 2 atom stereocenters. The van der Waals surface area contributed by atoms with Gasteiger partial charge in [-0.2, -0.15) is 0 Å². The normalized spacial score (nSPS) is 25.5. The smallest absolute Gasteiger partial charge is 0.333 e. The third-order valence-corrected chi connectivity index (χ3v) is 6.92. The Balaban J connectivity index is 1.47. The maximum absolute atomic E-state index is 13.4. The van der Waals surface area contributed by atoms with Crippen LogP contribution in [0, 0.1) is 5.92 Å². The van der Waals surface area contributed by atoms with Crippen molar-refractivity contribution >= 4 is 11.7 Å². The van der Waals surface area contributed by atoms with E-state index in [4.69, 9.17) is 4.74 Å². The Morgan fingerprint density at radius 3 is 2.35 bits per heavy atom. The van der Waals surface area contributed by atoms with Crippen molar-refractivity contribution in [2.45, 2.75) is 45.3 Å². The average molecular weight is 420 g/mol. The molecule has 164 valence electrons. The summed E-state index contributed by atoms with van der Waals surface area (Å²) in [6.07, 6.45) is 5.79. The van der Waals surface area contributed by atoms with E-state index in [1.54, 1.807) is 0 Å². The number of piperidine rings is 3. The fourth-order valence-corrected chi connectivity index (χ4v) is 5.14. The minimum absolute atomic E-state index is 0.0190. The molecule has 4 heteroatoms. The fraction of sp³-hybridized carbons (Fsp3) is 0.444. The van der Waals surface area contributed by atoms with Gasteiger partial charge in [-0.05, 0) is 31.5 Å². The molecule has 0 spiro atoms. The van der Waals surface area contributed by atoms with Crippen LogP contribution < -0.4 is 5.32 Å². The molecular formula is C27H35N2O2+. The molecule has 3 aliphatic rings. The number of benzene rings is 2. The van der Waals surface area contributed by atoms with Crippen LogP contribution >= 0.6 is 0 Å². The number of fused-ring (bicyclic) bond motifs is 3. The molecule has 3 aliphatic heterocycles. The minimum Gasteiger partial charge on any atom is -0.454 e. The summed E-state index contributed by atoms with van der Waals surface area (Å²) in [5, 5.41) is 3.40. The van der Waals surface area contributed by atoms with E-state index in [0.717, 1.165) is 48.1 Å². The van der Waals surface area contributed by atoms with Crippen LogP contribution in [0.4, 0.5) is 5.69 Å². The zero-order valence-electron chi connectivity index (χ0n) is 18.8. The lowest BCUT2D eigenvalue weighted by Crippen LogP contribution is -2.64. The highest BCUT2D eigenvalue weighted by Crippen LogP contribution is 2.36. The van der Waals surface area contributed by atoms with E-state index in [-0.39, 0.29) is 12.1 Å². The van der Waals surface area contributed by atoms with Gasteiger partial charge in [0.05, 0.1) is 19.6 Å². The number of carbonyl (C=O) groups excluding carboxylic acids is 1. The Labute approximate surface area is 186 Å². The van der Waals surface area contributed by atoms with Crippen molar-refractivity contribution in [2.24, 2.45) is 5.92 Å². The molecular weight excluding hydrogens is 384 g/mol. The molecule has 2 aromatic rings. The van der Waals surface area contributed by atoms with Gasteiger partial charge in [0.2, 0.25) is 0 Å². The minimum atomic E-state index is -0.502. The Hall–Kier alpha value is -2.59. The number of hydrogen-bond donors (Lipinski definition) is 1. The molecule has 4 nitrogen and oxygen atoms in total. The summed E-state index contributed by atoms with van der Waals surface area (Å²) in [5.74, 6) is 0.330. The summed E-state index contributed by atoms with van der Waals surface area (Å²) in [5.41, 5.74) is 3.24. The van der Waals surface area contributed by atoms with Crippen LogP contribution in [0.3, 0.4) is 0 Å². The summed E-state index contributed by atoms with van der Waals surface area (Å²) in [7, 11) is 0. The predicted octanol–water partition coefficient (Wildman–Crippen LogP) is 5.35. The van der Waals surface area contributed by atoms with Crippen LogP contribution in [0.15, 0.2) is 72.3 Å². The first kappa shape index (κ1) is 21.6. The quantitative estimate of drug-likeness (QED) is 0.356. The second-order valence-corrected chi connectivity index (χ2v) is 9.43. The lowest BCUT2D eigenvalue weighted by Gasteiger charge is -2.52. The molecule has 2 aromatic carbocycles. The van der Waals surface area contributed by atoms with Gasteiger partial charge < -0.3 is 14.5 Å².